The van der Waals surface area contributed by atoms with Gasteiger partial charge in [0.15, 0.2) is 6.61 Å². The molecule has 0 saturated carbocycles. The van der Waals surface area contributed by atoms with E-state index in [2.05, 4.69) is 5.32 Å². The van der Waals surface area contributed by atoms with Crippen LogP contribution in [0.1, 0.15) is 42.5 Å². The van der Waals surface area contributed by atoms with Gasteiger partial charge in [-0.3, -0.25) is 9.59 Å². The van der Waals surface area contributed by atoms with Gasteiger partial charge in [-0.25, -0.2) is 4.39 Å². The lowest BCUT2D eigenvalue weighted by molar-refractivity contribution is -0.143. The second-order valence-electron chi connectivity index (χ2n) is 9.28. The fraction of sp³-hybridized carbons (Fsp3) is 0.333. The van der Waals surface area contributed by atoms with Crippen molar-refractivity contribution in [2.75, 3.05) is 6.61 Å². The minimum atomic E-state index is -0.762. The van der Waals surface area contributed by atoms with Crippen LogP contribution in [0.15, 0.2) is 72.8 Å². The molecule has 3 aromatic rings. The van der Waals surface area contributed by atoms with Gasteiger partial charge in [-0.05, 0) is 73.7 Å². The molecule has 0 fully saturated rings. The lowest BCUT2D eigenvalue weighted by atomic mass is 10.0. The van der Waals surface area contributed by atoms with E-state index in [0.29, 0.717) is 12.2 Å². The van der Waals surface area contributed by atoms with Crippen molar-refractivity contribution in [3.63, 3.8) is 0 Å². The zero-order chi connectivity index (χ0) is 26.1. The number of rotatable bonds is 11. The van der Waals surface area contributed by atoms with Crippen LogP contribution in [-0.4, -0.2) is 35.4 Å². The predicted molar refractivity (Wildman–Crippen MR) is 140 cm³/mol. The molecule has 5 nitrogen and oxygen atoms in total. The fourth-order valence-electron chi connectivity index (χ4n) is 4.03. The largest absolute Gasteiger partial charge is 0.484 e. The highest BCUT2D eigenvalue weighted by Gasteiger charge is 2.31. The molecule has 0 spiro atoms. The van der Waals surface area contributed by atoms with E-state index in [1.807, 2.05) is 76.2 Å². The average molecular weight is 491 g/mol. The van der Waals surface area contributed by atoms with Gasteiger partial charge < -0.3 is 15.0 Å². The molecule has 0 aliphatic carbocycles. The number of aryl methyl sites for hydroxylation is 2. The van der Waals surface area contributed by atoms with E-state index < -0.39 is 6.04 Å². The summed E-state index contributed by atoms with van der Waals surface area (Å²) >= 11 is 0. The Bertz CT molecular complexity index is 1130. The Balaban J connectivity index is 1.91. The Kier molecular flexibility index (Phi) is 9.62. The van der Waals surface area contributed by atoms with Crippen LogP contribution in [0.25, 0.3) is 0 Å². The number of nitrogens with one attached hydrogen (secondary N) is 1. The van der Waals surface area contributed by atoms with E-state index >= 15 is 0 Å². The Morgan fingerprint density at radius 3 is 2.19 bits per heavy atom. The Morgan fingerprint density at radius 1 is 0.944 bits per heavy atom. The summed E-state index contributed by atoms with van der Waals surface area (Å²) in [6.07, 6.45) is 1.12. The first-order valence-corrected chi connectivity index (χ1v) is 12.3. The second kappa shape index (κ2) is 12.9. The molecule has 1 N–H and O–H groups in total. The lowest BCUT2D eigenvalue weighted by Gasteiger charge is -2.32. The average Bonchev–Trinajstić information content (AvgIpc) is 2.85. The third-order valence-corrected chi connectivity index (χ3v) is 6.10. The van der Waals surface area contributed by atoms with E-state index in [1.54, 1.807) is 17.0 Å². The Morgan fingerprint density at radius 2 is 1.58 bits per heavy atom. The molecule has 0 bridgehead atoms. The molecule has 190 valence electrons. The normalized spacial score (nSPS) is 12.5. The molecule has 0 unspecified atom stereocenters. The summed E-state index contributed by atoms with van der Waals surface area (Å²) in [5, 5.41) is 3.04. The molecular weight excluding hydrogens is 455 g/mol. The molecule has 3 rings (SSSR count). The number of carbonyl (C=O) groups is 2. The summed E-state index contributed by atoms with van der Waals surface area (Å²) < 4.78 is 19.4. The maximum Gasteiger partial charge on any atom is 0.261 e. The van der Waals surface area contributed by atoms with Crippen molar-refractivity contribution >= 4 is 11.8 Å². The van der Waals surface area contributed by atoms with Gasteiger partial charge in [0.25, 0.3) is 5.91 Å². The van der Waals surface area contributed by atoms with E-state index in [-0.39, 0.29) is 36.8 Å². The van der Waals surface area contributed by atoms with Gasteiger partial charge in [-0.15, -0.1) is 0 Å². The smallest absolute Gasteiger partial charge is 0.261 e. The van der Waals surface area contributed by atoms with Gasteiger partial charge in [0, 0.05) is 19.0 Å². The van der Waals surface area contributed by atoms with E-state index in [9.17, 15) is 14.0 Å². The van der Waals surface area contributed by atoms with Gasteiger partial charge in [-0.2, -0.15) is 0 Å². The molecule has 0 aromatic heterocycles. The highest BCUT2D eigenvalue weighted by molar-refractivity contribution is 5.88. The van der Waals surface area contributed by atoms with Gasteiger partial charge >= 0.3 is 0 Å². The van der Waals surface area contributed by atoms with Crippen molar-refractivity contribution < 1.29 is 18.7 Å². The van der Waals surface area contributed by atoms with Crippen LogP contribution in [0.4, 0.5) is 4.39 Å². The molecule has 0 saturated heterocycles. The molecular formula is C30H35FN2O3. The monoisotopic (exact) mass is 490 g/mol. The molecule has 0 aliphatic rings. The number of hydrogen-bond donors (Lipinski definition) is 1. The van der Waals surface area contributed by atoms with E-state index in [0.717, 1.165) is 28.7 Å². The number of ether oxygens (including phenoxy) is 1. The topological polar surface area (TPSA) is 58.6 Å². The summed E-state index contributed by atoms with van der Waals surface area (Å²) in [5.41, 5.74) is 3.74. The highest BCUT2D eigenvalue weighted by atomic mass is 19.1. The van der Waals surface area contributed by atoms with Crippen LogP contribution in [0, 0.1) is 19.7 Å². The standard InChI is InChI=1S/C30H35FN2O3/c1-5-23(4)32-30(35)28(18-24-9-7-6-8-10-24)33(19-25-11-13-26(31)14-12-25)29(34)20-36-27-16-21(2)15-22(3)17-27/h6-17,23,28H,5,18-20H2,1-4H3,(H,32,35)/t23-,28-/m0/s1. The summed E-state index contributed by atoms with van der Waals surface area (Å²) in [6.45, 7) is 7.81. The van der Waals surface area contributed by atoms with Crippen LogP contribution < -0.4 is 10.1 Å². The second-order valence-corrected chi connectivity index (χ2v) is 9.28. The molecule has 0 heterocycles. The molecule has 0 radical (unpaired) electrons. The minimum absolute atomic E-state index is 0.0370. The van der Waals surface area contributed by atoms with E-state index in [1.165, 1.54) is 12.1 Å². The summed E-state index contributed by atoms with van der Waals surface area (Å²) in [6, 6.07) is 20.6. The number of hydrogen-bond acceptors (Lipinski definition) is 3. The SMILES string of the molecule is CC[C@H](C)NC(=O)[C@H](Cc1ccccc1)N(Cc1ccc(F)cc1)C(=O)COc1cc(C)cc(C)c1. The lowest BCUT2D eigenvalue weighted by Crippen LogP contribution is -2.53. The van der Waals surface area contributed by atoms with E-state index in [4.69, 9.17) is 4.74 Å². The molecule has 36 heavy (non-hydrogen) atoms. The van der Waals surface area contributed by atoms with Crippen molar-refractivity contribution in [3.8, 4) is 5.75 Å². The number of carbonyl (C=O) groups excluding carboxylic acids is 2. The van der Waals surface area contributed by atoms with Crippen LogP contribution >= 0.6 is 0 Å². The number of amides is 2. The highest BCUT2D eigenvalue weighted by Crippen LogP contribution is 2.19. The first-order valence-electron chi connectivity index (χ1n) is 12.3. The Hall–Kier alpha value is -3.67. The summed E-state index contributed by atoms with van der Waals surface area (Å²) in [4.78, 5) is 28.6. The van der Waals surface area contributed by atoms with Crippen LogP contribution in [-0.2, 0) is 22.6 Å². The zero-order valence-corrected chi connectivity index (χ0v) is 21.5. The van der Waals surface area contributed by atoms with Crippen molar-refractivity contribution in [1.82, 2.24) is 10.2 Å². The number of benzene rings is 3. The zero-order valence-electron chi connectivity index (χ0n) is 21.5. The summed E-state index contributed by atoms with van der Waals surface area (Å²) in [5.74, 6) is -0.301. The van der Waals surface area contributed by atoms with Crippen molar-refractivity contribution in [2.24, 2.45) is 0 Å². The minimum Gasteiger partial charge on any atom is -0.484 e. The first kappa shape index (κ1) is 26.9. The first-order chi connectivity index (χ1) is 17.2. The Labute approximate surface area is 213 Å². The number of nitrogens with zero attached hydrogens (tertiary/aromatic N) is 1. The molecule has 2 atom stereocenters. The quantitative estimate of drug-likeness (QED) is 0.393. The molecule has 3 aromatic carbocycles. The van der Waals surface area contributed by atoms with Crippen LogP contribution in [0.2, 0.25) is 0 Å². The van der Waals surface area contributed by atoms with Crippen molar-refractivity contribution in [3.05, 3.63) is 101 Å². The van der Waals surface area contributed by atoms with Crippen molar-refractivity contribution in [1.29, 1.82) is 0 Å². The maximum absolute atomic E-state index is 13.6. The maximum atomic E-state index is 13.6. The summed E-state index contributed by atoms with van der Waals surface area (Å²) in [7, 11) is 0. The predicted octanol–water partition coefficient (Wildman–Crippen LogP) is 5.38. The van der Waals surface area contributed by atoms with Crippen LogP contribution in [0.3, 0.4) is 0 Å². The van der Waals surface area contributed by atoms with Gasteiger partial charge in [0.2, 0.25) is 5.91 Å². The fourth-order valence-corrected chi connectivity index (χ4v) is 4.03. The molecule has 2 amide bonds. The van der Waals surface area contributed by atoms with Gasteiger partial charge in [0.1, 0.15) is 17.6 Å². The molecule has 6 heteroatoms. The number of halogens is 1. The van der Waals surface area contributed by atoms with Crippen molar-refractivity contribution in [2.45, 2.75) is 59.2 Å². The third-order valence-electron chi connectivity index (χ3n) is 6.10. The van der Waals surface area contributed by atoms with Crippen LogP contribution in [0.5, 0.6) is 5.75 Å². The van der Waals surface area contributed by atoms with Gasteiger partial charge in [0.05, 0.1) is 0 Å². The third kappa shape index (κ3) is 7.94. The molecule has 0 aliphatic heterocycles. The van der Waals surface area contributed by atoms with Gasteiger partial charge in [-0.1, -0.05) is 55.5 Å².